The normalized spacial score (nSPS) is 18.1. The average molecular weight is 349 g/mol. The smallest absolute Gasteiger partial charge is 0.268 e. The van der Waals surface area contributed by atoms with Gasteiger partial charge in [0, 0.05) is 31.3 Å². The van der Waals surface area contributed by atoms with Gasteiger partial charge in [-0.25, -0.2) is 0 Å². The molecule has 6 heteroatoms. The van der Waals surface area contributed by atoms with E-state index in [9.17, 15) is 9.59 Å². The first-order valence-corrected chi connectivity index (χ1v) is 8.62. The van der Waals surface area contributed by atoms with Crippen molar-refractivity contribution in [3.05, 3.63) is 59.7 Å². The lowest BCUT2D eigenvalue weighted by atomic mass is 10.0. The van der Waals surface area contributed by atoms with Crippen molar-refractivity contribution in [1.82, 2.24) is 0 Å². The highest BCUT2D eigenvalue weighted by Gasteiger charge is 2.29. The summed E-state index contributed by atoms with van der Waals surface area (Å²) in [7, 11) is 0. The molecule has 0 fully saturated rings. The maximum absolute atomic E-state index is 12.5. The number of rotatable bonds is 3. The molecule has 2 aromatic carbocycles. The van der Waals surface area contributed by atoms with Gasteiger partial charge < -0.3 is 15.1 Å². The lowest BCUT2D eigenvalue weighted by molar-refractivity contribution is -0.125. The Hall–Kier alpha value is -3.15. The van der Waals surface area contributed by atoms with E-state index in [1.165, 1.54) is 0 Å². The summed E-state index contributed by atoms with van der Waals surface area (Å²) in [6, 6.07) is 15.3. The number of anilines is 2. The fraction of sp³-hybridized carbons (Fsp3) is 0.250. The third kappa shape index (κ3) is 3.06. The van der Waals surface area contributed by atoms with E-state index < -0.39 is 6.10 Å². The van der Waals surface area contributed by atoms with Crippen LogP contribution < -0.4 is 10.2 Å². The van der Waals surface area contributed by atoms with Crippen molar-refractivity contribution < 1.29 is 14.4 Å². The van der Waals surface area contributed by atoms with Crippen LogP contribution in [0.5, 0.6) is 0 Å². The first-order chi connectivity index (χ1) is 12.6. The number of benzene rings is 2. The van der Waals surface area contributed by atoms with Gasteiger partial charge in [0.25, 0.3) is 5.91 Å². The minimum Gasteiger partial charge on any atom is -0.382 e. The van der Waals surface area contributed by atoms with Crippen LogP contribution in [0, 0.1) is 0 Å². The van der Waals surface area contributed by atoms with E-state index in [1.54, 1.807) is 11.8 Å². The summed E-state index contributed by atoms with van der Waals surface area (Å²) in [6.07, 6.45) is 0.603. The maximum Gasteiger partial charge on any atom is 0.268 e. The Kier molecular flexibility index (Phi) is 4.16. The summed E-state index contributed by atoms with van der Waals surface area (Å²) in [4.78, 5) is 31.2. The third-order valence-corrected chi connectivity index (χ3v) is 4.69. The highest BCUT2D eigenvalue weighted by Crippen LogP contribution is 2.30. The number of hydrogen-bond acceptors (Lipinski definition) is 4. The first kappa shape index (κ1) is 16.3. The molecule has 1 unspecified atom stereocenters. The van der Waals surface area contributed by atoms with Gasteiger partial charge in [0.15, 0.2) is 0 Å². The van der Waals surface area contributed by atoms with Crippen molar-refractivity contribution in [3.63, 3.8) is 0 Å². The number of amides is 2. The van der Waals surface area contributed by atoms with E-state index in [4.69, 9.17) is 4.84 Å². The van der Waals surface area contributed by atoms with Crippen LogP contribution >= 0.6 is 0 Å². The highest BCUT2D eigenvalue weighted by atomic mass is 16.6. The number of carbonyl (C=O) groups is 2. The molecule has 2 aliphatic rings. The predicted molar refractivity (Wildman–Crippen MR) is 99.3 cm³/mol. The Morgan fingerprint density at radius 2 is 2.00 bits per heavy atom. The second-order valence-corrected chi connectivity index (χ2v) is 6.46. The maximum atomic E-state index is 12.5. The lowest BCUT2D eigenvalue weighted by Gasteiger charge is -2.15. The van der Waals surface area contributed by atoms with Crippen molar-refractivity contribution in [1.29, 1.82) is 0 Å². The van der Waals surface area contributed by atoms with Gasteiger partial charge >= 0.3 is 0 Å². The standard InChI is InChI=1S/C20H19N3O3/c1-13(24)23-10-9-15-11-16(7-8-18(15)23)21-20(25)19-12-17(22-26-19)14-5-3-2-4-6-14/h2-8,11,19H,9-10,12H2,1H3,(H,21,25). The molecule has 0 bridgehead atoms. The molecular formula is C20H19N3O3. The summed E-state index contributed by atoms with van der Waals surface area (Å²) >= 11 is 0. The Morgan fingerprint density at radius 1 is 1.19 bits per heavy atom. The minimum absolute atomic E-state index is 0.0329. The summed E-state index contributed by atoms with van der Waals surface area (Å²) in [6.45, 7) is 2.24. The minimum atomic E-state index is -0.632. The molecule has 2 amide bonds. The average Bonchev–Trinajstić information content (AvgIpc) is 3.29. The second-order valence-electron chi connectivity index (χ2n) is 6.46. The first-order valence-electron chi connectivity index (χ1n) is 8.62. The van der Waals surface area contributed by atoms with Gasteiger partial charge in [0.05, 0.1) is 5.71 Å². The fourth-order valence-electron chi connectivity index (χ4n) is 3.35. The lowest BCUT2D eigenvalue weighted by Crippen LogP contribution is -2.28. The molecular weight excluding hydrogens is 330 g/mol. The van der Waals surface area contributed by atoms with Crippen LogP contribution in [0.4, 0.5) is 11.4 Å². The van der Waals surface area contributed by atoms with Gasteiger partial charge in [-0.05, 0) is 35.7 Å². The van der Waals surface area contributed by atoms with Gasteiger partial charge in [-0.1, -0.05) is 35.5 Å². The van der Waals surface area contributed by atoms with E-state index in [-0.39, 0.29) is 11.8 Å². The highest BCUT2D eigenvalue weighted by molar-refractivity contribution is 6.06. The molecule has 2 aliphatic heterocycles. The molecule has 0 saturated carbocycles. The van der Waals surface area contributed by atoms with Crippen molar-refractivity contribution in [3.8, 4) is 0 Å². The van der Waals surface area contributed by atoms with Crippen LogP contribution in [0.25, 0.3) is 0 Å². The summed E-state index contributed by atoms with van der Waals surface area (Å²) in [5, 5.41) is 6.94. The van der Waals surface area contributed by atoms with Crippen molar-refractivity contribution >= 4 is 28.9 Å². The van der Waals surface area contributed by atoms with Gasteiger partial charge in [-0.3, -0.25) is 9.59 Å². The summed E-state index contributed by atoms with van der Waals surface area (Å²) < 4.78 is 0. The molecule has 6 nitrogen and oxygen atoms in total. The fourth-order valence-corrected chi connectivity index (χ4v) is 3.35. The zero-order chi connectivity index (χ0) is 18.1. The van der Waals surface area contributed by atoms with E-state index in [1.807, 2.05) is 48.5 Å². The molecule has 1 atom stereocenters. The van der Waals surface area contributed by atoms with Gasteiger partial charge in [-0.2, -0.15) is 0 Å². The van der Waals surface area contributed by atoms with Crippen LogP contribution in [-0.2, 0) is 20.8 Å². The van der Waals surface area contributed by atoms with Crippen LogP contribution in [0.1, 0.15) is 24.5 Å². The van der Waals surface area contributed by atoms with Gasteiger partial charge in [0.1, 0.15) is 0 Å². The van der Waals surface area contributed by atoms with E-state index >= 15 is 0 Å². The summed E-state index contributed by atoms with van der Waals surface area (Å²) in [5.74, 6) is -0.188. The van der Waals surface area contributed by atoms with E-state index in [0.717, 1.165) is 28.9 Å². The quantitative estimate of drug-likeness (QED) is 0.926. The largest absolute Gasteiger partial charge is 0.382 e. The Balaban J connectivity index is 1.41. The second kappa shape index (κ2) is 6.63. The predicted octanol–water partition coefficient (Wildman–Crippen LogP) is 2.73. The monoisotopic (exact) mass is 349 g/mol. The zero-order valence-electron chi connectivity index (χ0n) is 14.4. The number of oxime groups is 1. The molecule has 4 rings (SSSR count). The Bertz CT molecular complexity index is 892. The topological polar surface area (TPSA) is 71.0 Å². The zero-order valence-corrected chi connectivity index (χ0v) is 14.4. The summed E-state index contributed by atoms with van der Waals surface area (Å²) in [5.41, 5.74) is 4.42. The number of nitrogens with zero attached hydrogens (tertiary/aromatic N) is 2. The van der Waals surface area contributed by atoms with Gasteiger partial charge in [-0.15, -0.1) is 0 Å². The Labute approximate surface area is 151 Å². The number of nitrogens with one attached hydrogen (secondary N) is 1. The van der Waals surface area contributed by atoms with Crippen LogP contribution in [0.15, 0.2) is 53.7 Å². The number of carbonyl (C=O) groups excluding carboxylic acids is 2. The molecule has 132 valence electrons. The molecule has 26 heavy (non-hydrogen) atoms. The Morgan fingerprint density at radius 3 is 2.77 bits per heavy atom. The molecule has 0 spiro atoms. The molecule has 1 N–H and O–H groups in total. The molecule has 0 radical (unpaired) electrons. The molecule has 2 aromatic rings. The van der Waals surface area contributed by atoms with Crippen molar-refractivity contribution in [2.75, 3.05) is 16.8 Å². The van der Waals surface area contributed by atoms with Crippen molar-refractivity contribution in [2.24, 2.45) is 5.16 Å². The van der Waals surface area contributed by atoms with Crippen LogP contribution in [0.2, 0.25) is 0 Å². The molecule has 0 saturated heterocycles. The number of hydrogen-bond donors (Lipinski definition) is 1. The third-order valence-electron chi connectivity index (χ3n) is 4.69. The molecule has 0 aromatic heterocycles. The van der Waals surface area contributed by atoms with E-state index in [2.05, 4.69) is 10.5 Å². The van der Waals surface area contributed by atoms with Crippen LogP contribution in [-0.4, -0.2) is 30.2 Å². The van der Waals surface area contributed by atoms with Gasteiger partial charge in [0.2, 0.25) is 12.0 Å². The number of fused-ring (bicyclic) bond motifs is 1. The molecule has 2 heterocycles. The molecule has 0 aliphatic carbocycles. The van der Waals surface area contributed by atoms with E-state index in [0.29, 0.717) is 18.7 Å². The SMILES string of the molecule is CC(=O)N1CCc2cc(NC(=O)C3CC(c4ccccc4)=NO3)ccc21. The van der Waals surface area contributed by atoms with Crippen molar-refractivity contribution in [2.45, 2.75) is 25.9 Å². The van der Waals surface area contributed by atoms with Crippen LogP contribution in [0.3, 0.4) is 0 Å².